The zero-order valence-corrected chi connectivity index (χ0v) is 11.8. The highest BCUT2D eigenvalue weighted by Crippen LogP contribution is 2.25. The van der Waals surface area contributed by atoms with Gasteiger partial charge in [0.15, 0.2) is 0 Å². The zero-order valence-electron chi connectivity index (χ0n) is 10.3. The van der Waals surface area contributed by atoms with Crippen molar-refractivity contribution in [1.29, 1.82) is 0 Å². The van der Waals surface area contributed by atoms with Crippen molar-refractivity contribution in [3.63, 3.8) is 0 Å². The summed E-state index contributed by atoms with van der Waals surface area (Å²) < 4.78 is 0. The number of urea groups is 1. The molecule has 0 spiro atoms. The Bertz CT molecular complexity index is 480. The summed E-state index contributed by atoms with van der Waals surface area (Å²) >= 11 is 11.7. The molecule has 1 aromatic rings. The second-order valence-corrected chi connectivity index (χ2v) is 4.62. The molecule has 19 heavy (non-hydrogen) atoms. The summed E-state index contributed by atoms with van der Waals surface area (Å²) in [5.74, 6) is -0.952. The fraction of sp³-hybridized carbons (Fsp3) is 0.333. The molecule has 0 aliphatic carbocycles. The molecule has 7 heteroatoms. The van der Waals surface area contributed by atoms with Gasteiger partial charge in [0.1, 0.15) is 0 Å². The quantitative estimate of drug-likeness (QED) is 0.876. The van der Waals surface area contributed by atoms with E-state index in [2.05, 4.69) is 5.32 Å². The number of benzene rings is 1. The summed E-state index contributed by atoms with van der Waals surface area (Å²) in [6, 6.07) is 4.31. The molecule has 0 unspecified atom stereocenters. The first-order chi connectivity index (χ1) is 8.93. The standard InChI is InChI=1S/C12H14Cl2N2O3/c1-2-16(6-5-11(17)18)12(19)15-10-7-8(13)3-4-9(10)14/h3-4,7H,2,5-6H2,1H3,(H,15,19)(H,17,18). The lowest BCUT2D eigenvalue weighted by atomic mass is 10.3. The van der Waals surface area contributed by atoms with Crippen LogP contribution in [0.1, 0.15) is 13.3 Å². The van der Waals surface area contributed by atoms with E-state index in [1.807, 2.05) is 0 Å². The maximum absolute atomic E-state index is 11.9. The van der Waals surface area contributed by atoms with E-state index < -0.39 is 12.0 Å². The predicted octanol–water partition coefficient (Wildman–Crippen LogP) is 3.32. The largest absolute Gasteiger partial charge is 0.481 e. The minimum atomic E-state index is -0.952. The Morgan fingerprint density at radius 1 is 1.37 bits per heavy atom. The van der Waals surface area contributed by atoms with Crippen molar-refractivity contribution in [2.45, 2.75) is 13.3 Å². The number of carbonyl (C=O) groups is 2. The van der Waals surface area contributed by atoms with Crippen LogP contribution < -0.4 is 5.32 Å². The smallest absolute Gasteiger partial charge is 0.321 e. The Balaban J connectivity index is 2.71. The Kier molecular flexibility index (Phi) is 5.92. The number of carboxylic acids is 1. The minimum absolute atomic E-state index is 0.107. The lowest BCUT2D eigenvalue weighted by Crippen LogP contribution is -2.36. The maximum Gasteiger partial charge on any atom is 0.321 e. The Morgan fingerprint density at radius 3 is 2.63 bits per heavy atom. The molecule has 0 radical (unpaired) electrons. The fourth-order valence-corrected chi connectivity index (χ4v) is 1.76. The number of amides is 2. The summed E-state index contributed by atoms with van der Waals surface area (Å²) in [6.45, 7) is 2.30. The van der Waals surface area contributed by atoms with Crippen LogP contribution >= 0.6 is 23.2 Å². The third-order valence-corrected chi connectivity index (χ3v) is 3.00. The van der Waals surface area contributed by atoms with Gasteiger partial charge in [-0.05, 0) is 25.1 Å². The Hall–Kier alpha value is -1.46. The van der Waals surface area contributed by atoms with Crippen LogP contribution in [0.4, 0.5) is 10.5 Å². The van der Waals surface area contributed by atoms with Gasteiger partial charge >= 0.3 is 12.0 Å². The average molecular weight is 305 g/mol. The van der Waals surface area contributed by atoms with E-state index in [4.69, 9.17) is 28.3 Å². The number of anilines is 1. The SMILES string of the molecule is CCN(CCC(=O)O)C(=O)Nc1cc(Cl)ccc1Cl. The first-order valence-corrected chi connectivity index (χ1v) is 6.42. The van der Waals surface area contributed by atoms with Crippen molar-refractivity contribution in [2.24, 2.45) is 0 Å². The second kappa shape index (κ2) is 7.21. The summed E-state index contributed by atoms with van der Waals surface area (Å²) in [7, 11) is 0. The second-order valence-electron chi connectivity index (χ2n) is 3.78. The number of carboxylic acid groups (broad SMARTS) is 1. The van der Waals surface area contributed by atoms with Crippen LogP contribution in [0, 0.1) is 0 Å². The average Bonchev–Trinajstić information content (AvgIpc) is 2.34. The molecular formula is C12H14Cl2N2O3. The molecule has 2 amide bonds. The van der Waals surface area contributed by atoms with E-state index in [-0.39, 0.29) is 13.0 Å². The summed E-state index contributed by atoms with van der Waals surface area (Å²) in [6.07, 6.45) is -0.107. The highest BCUT2D eigenvalue weighted by Gasteiger charge is 2.14. The van der Waals surface area contributed by atoms with Crippen molar-refractivity contribution in [2.75, 3.05) is 18.4 Å². The van der Waals surface area contributed by atoms with Gasteiger partial charge in [-0.2, -0.15) is 0 Å². The molecule has 2 N–H and O–H groups in total. The highest BCUT2D eigenvalue weighted by atomic mass is 35.5. The van der Waals surface area contributed by atoms with Gasteiger partial charge in [0.25, 0.3) is 0 Å². The van der Waals surface area contributed by atoms with Gasteiger partial charge in [-0.3, -0.25) is 4.79 Å². The third-order valence-electron chi connectivity index (χ3n) is 2.43. The van der Waals surface area contributed by atoms with E-state index in [1.165, 1.54) is 11.0 Å². The van der Waals surface area contributed by atoms with Gasteiger partial charge in [-0.15, -0.1) is 0 Å². The maximum atomic E-state index is 11.9. The molecule has 0 saturated carbocycles. The lowest BCUT2D eigenvalue weighted by Gasteiger charge is -2.21. The number of hydrogen-bond donors (Lipinski definition) is 2. The van der Waals surface area contributed by atoms with Crippen LogP contribution in [0.5, 0.6) is 0 Å². The monoisotopic (exact) mass is 304 g/mol. The normalized spacial score (nSPS) is 10.1. The molecule has 0 aromatic heterocycles. The first kappa shape index (κ1) is 15.6. The van der Waals surface area contributed by atoms with E-state index in [0.29, 0.717) is 22.3 Å². The predicted molar refractivity (Wildman–Crippen MR) is 75.0 cm³/mol. The van der Waals surface area contributed by atoms with Gasteiger partial charge in [-0.25, -0.2) is 4.79 Å². The number of nitrogens with one attached hydrogen (secondary N) is 1. The van der Waals surface area contributed by atoms with Gasteiger partial charge in [0.2, 0.25) is 0 Å². The van der Waals surface area contributed by atoms with E-state index >= 15 is 0 Å². The Labute approximate surface area is 121 Å². The molecule has 0 aliphatic rings. The van der Waals surface area contributed by atoms with Crippen LogP contribution in [0.2, 0.25) is 10.0 Å². The van der Waals surface area contributed by atoms with Crippen LogP contribution in [0.15, 0.2) is 18.2 Å². The van der Waals surface area contributed by atoms with Crippen molar-refractivity contribution in [3.8, 4) is 0 Å². The van der Waals surface area contributed by atoms with E-state index in [0.717, 1.165) is 0 Å². The highest BCUT2D eigenvalue weighted by molar-refractivity contribution is 6.35. The van der Waals surface area contributed by atoms with Crippen molar-refractivity contribution < 1.29 is 14.7 Å². The molecule has 0 heterocycles. The third kappa shape index (κ3) is 4.96. The summed E-state index contributed by atoms with van der Waals surface area (Å²) in [4.78, 5) is 23.8. The van der Waals surface area contributed by atoms with Gasteiger partial charge in [0, 0.05) is 18.1 Å². The number of aliphatic carboxylic acids is 1. The van der Waals surface area contributed by atoms with Crippen molar-refractivity contribution in [3.05, 3.63) is 28.2 Å². The number of rotatable bonds is 5. The molecule has 0 atom stereocenters. The molecule has 0 bridgehead atoms. The number of hydrogen-bond acceptors (Lipinski definition) is 2. The van der Waals surface area contributed by atoms with Gasteiger partial charge in [0.05, 0.1) is 17.1 Å². The molecular weight excluding hydrogens is 291 g/mol. The molecule has 104 valence electrons. The molecule has 1 aromatic carbocycles. The number of halogens is 2. The Morgan fingerprint density at radius 2 is 2.05 bits per heavy atom. The molecule has 0 fully saturated rings. The van der Waals surface area contributed by atoms with Crippen molar-refractivity contribution in [1.82, 2.24) is 4.90 Å². The van der Waals surface area contributed by atoms with Crippen molar-refractivity contribution >= 4 is 40.9 Å². The topological polar surface area (TPSA) is 69.6 Å². The molecule has 1 rings (SSSR count). The van der Waals surface area contributed by atoms with Gasteiger partial charge in [-0.1, -0.05) is 23.2 Å². The first-order valence-electron chi connectivity index (χ1n) is 5.66. The number of nitrogens with zero attached hydrogens (tertiary/aromatic N) is 1. The van der Waals surface area contributed by atoms with Gasteiger partial charge < -0.3 is 15.3 Å². The summed E-state index contributed by atoms with van der Waals surface area (Å²) in [5, 5.41) is 12.0. The molecule has 5 nitrogen and oxygen atoms in total. The van der Waals surface area contributed by atoms with E-state index in [1.54, 1.807) is 19.1 Å². The molecule has 0 saturated heterocycles. The van der Waals surface area contributed by atoms with Crippen LogP contribution in [0.3, 0.4) is 0 Å². The van der Waals surface area contributed by atoms with E-state index in [9.17, 15) is 9.59 Å². The molecule has 0 aliphatic heterocycles. The zero-order chi connectivity index (χ0) is 14.4. The minimum Gasteiger partial charge on any atom is -0.481 e. The number of carbonyl (C=O) groups excluding carboxylic acids is 1. The van der Waals surface area contributed by atoms with Crippen LogP contribution in [0.25, 0.3) is 0 Å². The summed E-state index contributed by atoms with van der Waals surface area (Å²) in [5.41, 5.74) is 0.396. The van der Waals surface area contributed by atoms with Crippen LogP contribution in [-0.4, -0.2) is 35.1 Å². The fourth-order valence-electron chi connectivity index (χ4n) is 1.42. The lowest BCUT2D eigenvalue weighted by molar-refractivity contribution is -0.137. The van der Waals surface area contributed by atoms with Crippen LogP contribution in [-0.2, 0) is 4.79 Å².